The maximum atomic E-state index is 14.5. The van der Waals surface area contributed by atoms with E-state index in [-0.39, 0.29) is 29.5 Å². The summed E-state index contributed by atoms with van der Waals surface area (Å²) in [7, 11) is 1.45. The Hall–Kier alpha value is -3.19. The van der Waals surface area contributed by atoms with Crippen molar-refractivity contribution in [1.82, 2.24) is 15.1 Å². The molecular formula is C29H34F6N4O3. The molecule has 3 aliphatic rings. The third-order valence-electron chi connectivity index (χ3n) is 8.57. The van der Waals surface area contributed by atoms with E-state index in [1.165, 1.54) is 30.1 Å². The second-order valence-electron chi connectivity index (χ2n) is 11.1. The van der Waals surface area contributed by atoms with Gasteiger partial charge in [0, 0.05) is 30.4 Å². The number of halogens is 6. The minimum atomic E-state index is -4.83. The fraction of sp³-hybridized carbons (Fsp3) is 0.552. The number of ether oxygens (including phenoxy) is 2. The molecule has 1 saturated carbocycles. The summed E-state index contributed by atoms with van der Waals surface area (Å²) in [5.41, 5.74) is -1.86. The number of hydrogen-bond acceptors (Lipinski definition) is 5. The Bertz CT molecular complexity index is 1240. The monoisotopic (exact) mass is 600 g/mol. The van der Waals surface area contributed by atoms with E-state index in [2.05, 4.69) is 20.3 Å². The highest BCUT2D eigenvalue weighted by molar-refractivity contribution is 5.89. The van der Waals surface area contributed by atoms with Crippen LogP contribution >= 0.6 is 0 Å². The number of nitrogens with zero attached hydrogens (tertiary/aromatic N) is 2. The molecule has 230 valence electrons. The minimum absolute atomic E-state index is 0.0487. The Kier molecular flexibility index (Phi) is 8.53. The van der Waals surface area contributed by atoms with E-state index >= 15 is 0 Å². The Labute approximate surface area is 240 Å². The van der Waals surface area contributed by atoms with Gasteiger partial charge in [0.05, 0.1) is 6.04 Å². The molecule has 5 rings (SSSR count). The standard InChI is InChI=1S/C29H34F6N4O3/c1-38-18-16-27(38,28(30,31)32)22-9-4-5-11-24(22)41-25-23(10-6-17-39(25)20-7-2-3-8-20)37-26(40)36-19-12-14-21(15-13-19)42-29(33,34)35/h4-5,9,11-15,20,23,25H,2-3,6-8,10,16-18H2,1H3,(H2,36,37,40). The predicted molar refractivity (Wildman–Crippen MR) is 143 cm³/mol. The van der Waals surface area contributed by atoms with E-state index in [9.17, 15) is 31.1 Å². The van der Waals surface area contributed by atoms with Crippen molar-refractivity contribution in [2.24, 2.45) is 0 Å². The van der Waals surface area contributed by atoms with E-state index < -0.39 is 42.1 Å². The van der Waals surface area contributed by atoms with E-state index in [1.807, 2.05) is 0 Å². The highest BCUT2D eigenvalue weighted by Crippen LogP contribution is 2.54. The highest BCUT2D eigenvalue weighted by Gasteiger charge is 2.64. The summed E-state index contributed by atoms with van der Waals surface area (Å²) >= 11 is 0. The summed E-state index contributed by atoms with van der Waals surface area (Å²) in [4.78, 5) is 16.5. The normalized spacial score (nSPS) is 26.0. The van der Waals surface area contributed by atoms with Crippen LogP contribution in [0.1, 0.15) is 50.5 Å². The van der Waals surface area contributed by atoms with Gasteiger partial charge >= 0.3 is 18.6 Å². The lowest BCUT2D eigenvalue weighted by Crippen LogP contribution is -2.64. The molecule has 3 unspecified atom stereocenters. The van der Waals surface area contributed by atoms with Crippen molar-refractivity contribution in [2.75, 3.05) is 25.5 Å². The van der Waals surface area contributed by atoms with Gasteiger partial charge in [0.1, 0.15) is 17.0 Å². The fourth-order valence-electron chi connectivity index (χ4n) is 6.44. The summed E-state index contributed by atoms with van der Waals surface area (Å²) in [6.07, 6.45) is -4.92. The van der Waals surface area contributed by atoms with Crippen LogP contribution in [-0.4, -0.2) is 66.8 Å². The number of urea groups is 1. The van der Waals surface area contributed by atoms with Crippen molar-refractivity contribution < 1.29 is 40.6 Å². The Morgan fingerprint density at radius 3 is 2.21 bits per heavy atom. The molecule has 0 aromatic heterocycles. The first-order chi connectivity index (χ1) is 19.9. The predicted octanol–water partition coefficient (Wildman–Crippen LogP) is 6.61. The van der Waals surface area contributed by atoms with Gasteiger partial charge in [-0.15, -0.1) is 13.2 Å². The van der Waals surface area contributed by atoms with Gasteiger partial charge in [-0.25, -0.2) is 4.79 Å². The van der Waals surface area contributed by atoms with E-state index in [0.717, 1.165) is 44.2 Å². The van der Waals surface area contributed by atoms with Gasteiger partial charge in [0.15, 0.2) is 6.23 Å². The van der Waals surface area contributed by atoms with Gasteiger partial charge in [-0.3, -0.25) is 9.80 Å². The summed E-state index contributed by atoms with van der Waals surface area (Å²) in [6.45, 7) is 0.988. The van der Waals surface area contributed by atoms with E-state index in [1.54, 1.807) is 18.2 Å². The van der Waals surface area contributed by atoms with Gasteiger partial charge in [-0.1, -0.05) is 31.0 Å². The molecule has 2 heterocycles. The van der Waals surface area contributed by atoms with Crippen LogP contribution in [0.4, 0.5) is 36.8 Å². The van der Waals surface area contributed by atoms with Crippen LogP contribution in [0.3, 0.4) is 0 Å². The van der Waals surface area contributed by atoms with Gasteiger partial charge in [-0.05, 0) is 69.5 Å². The smallest absolute Gasteiger partial charge is 0.473 e. The molecule has 0 radical (unpaired) electrons. The van der Waals surface area contributed by atoms with Crippen LogP contribution < -0.4 is 20.1 Å². The molecule has 3 atom stereocenters. The molecule has 3 fully saturated rings. The van der Waals surface area contributed by atoms with Crippen LogP contribution in [0.2, 0.25) is 0 Å². The first kappa shape index (κ1) is 30.3. The van der Waals surface area contributed by atoms with Crippen molar-refractivity contribution in [2.45, 2.75) is 81.3 Å². The zero-order valence-electron chi connectivity index (χ0n) is 23.1. The maximum absolute atomic E-state index is 14.5. The molecule has 13 heteroatoms. The zero-order chi connectivity index (χ0) is 30.1. The number of alkyl halides is 6. The number of anilines is 1. The number of nitrogens with one attached hydrogen (secondary N) is 2. The second-order valence-corrected chi connectivity index (χ2v) is 11.1. The number of likely N-dealkylation sites (tertiary alicyclic amines) is 2. The number of piperidine rings is 1. The van der Waals surface area contributed by atoms with Gasteiger partial charge in [-0.2, -0.15) is 13.2 Å². The number of rotatable bonds is 7. The van der Waals surface area contributed by atoms with Gasteiger partial charge < -0.3 is 20.1 Å². The molecule has 2 aromatic carbocycles. The number of carbonyl (C=O) groups is 1. The van der Waals surface area contributed by atoms with Crippen LogP contribution in [0.15, 0.2) is 48.5 Å². The van der Waals surface area contributed by atoms with Gasteiger partial charge in [0.25, 0.3) is 0 Å². The van der Waals surface area contributed by atoms with Crippen LogP contribution in [-0.2, 0) is 5.54 Å². The quantitative estimate of drug-likeness (QED) is 0.350. The molecule has 2 amide bonds. The zero-order valence-corrected chi connectivity index (χ0v) is 23.1. The molecule has 0 spiro atoms. The van der Waals surface area contributed by atoms with Crippen molar-refractivity contribution in [3.05, 3.63) is 54.1 Å². The molecule has 2 aromatic rings. The van der Waals surface area contributed by atoms with Crippen molar-refractivity contribution >= 4 is 11.7 Å². The Balaban J connectivity index is 1.37. The summed E-state index contributed by atoms with van der Waals surface area (Å²) in [6, 6.07) is 9.98. The minimum Gasteiger partial charge on any atom is -0.473 e. The topological polar surface area (TPSA) is 66.1 Å². The van der Waals surface area contributed by atoms with Crippen LogP contribution in [0.25, 0.3) is 0 Å². The third kappa shape index (κ3) is 6.26. The molecule has 1 aliphatic carbocycles. The maximum Gasteiger partial charge on any atom is 0.573 e. The average Bonchev–Trinajstić information content (AvgIpc) is 3.44. The molecule has 0 bridgehead atoms. The molecule has 2 N–H and O–H groups in total. The van der Waals surface area contributed by atoms with Crippen molar-refractivity contribution in [3.63, 3.8) is 0 Å². The molecule has 2 aliphatic heterocycles. The van der Waals surface area contributed by atoms with E-state index in [4.69, 9.17) is 4.74 Å². The first-order valence-corrected chi connectivity index (χ1v) is 14.1. The average molecular weight is 601 g/mol. The highest BCUT2D eigenvalue weighted by atomic mass is 19.4. The number of benzene rings is 2. The lowest BCUT2D eigenvalue weighted by Gasteiger charge is -2.52. The third-order valence-corrected chi connectivity index (χ3v) is 8.57. The SMILES string of the molecule is CN1CCC1(c1ccccc1OC1C(NC(=O)Nc2ccc(OC(F)(F)F)cc2)CCCN1C1CCCC1)C(F)(F)F. The second kappa shape index (κ2) is 11.8. The number of amides is 2. The first-order valence-electron chi connectivity index (χ1n) is 14.1. The van der Waals surface area contributed by atoms with E-state index in [0.29, 0.717) is 19.5 Å². The summed E-state index contributed by atoms with van der Waals surface area (Å²) in [5, 5.41) is 5.52. The number of carbonyl (C=O) groups excluding carboxylic acids is 1. The van der Waals surface area contributed by atoms with Crippen molar-refractivity contribution in [1.29, 1.82) is 0 Å². The largest absolute Gasteiger partial charge is 0.573 e. The lowest BCUT2D eigenvalue weighted by molar-refractivity contribution is -0.274. The molecule has 7 nitrogen and oxygen atoms in total. The van der Waals surface area contributed by atoms with Crippen molar-refractivity contribution in [3.8, 4) is 11.5 Å². The Morgan fingerprint density at radius 2 is 1.62 bits per heavy atom. The fourth-order valence-corrected chi connectivity index (χ4v) is 6.44. The van der Waals surface area contributed by atoms with Gasteiger partial charge in [0.2, 0.25) is 0 Å². The Morgan fingerprint density at radius 1 is 0.929 bits per heavy atom. The van der Waals surface area contributed by atoms with Crippen LogP contribution in [0, 0.1) is 0 Å². The summed E-state index contributed by atoms with van der Waals surface area (Å²) < 4.78 is 91.2. The van der Waals surface area contributed by atoms with Crippen LogP contribution in [0.5, 0.6) is 11.5 Å². The molecule has 42 heavy (non-hydrogen) atoms. The number of para-hydroxylation sites is 1. The number of hydrogen-bond donors (Lipinski definition) is 2. The molecule has 2 saturated heterocycles. The lowest BCUT2D eigenvalue weighted by atomic mass is 9.77. The molecular weight excluding hydrogens is 566 g/mol. The summed E-state index contributed by atoms with van der Waals surface area (Å²) in [5.74, 6) is -0.294.